The number of carbonyl (C=O) groups excluding carboxylic acids is 1. The lowest BCUT2D eigenvalue weighted by molar-refractivity contribution is -0.387. The molecule has 0 unspecified atom stereocenters. The average molecular weight is 383 g/mol. The van der Waals surface area contributed by atoms with Crippen molar-refractivity contribution in [3.05, 3.63) is 63.5 Å². The van der Waals surface area contributed by atoms with E-state index in [-0.39, 0.29) is 17.9 Å². The molecule has 0 N–H and O–H groups in total. The van der Waals surface area contributed by atoms with E-state index >= 15 is 0 Å². The first-order valence-electron chi connectivity index (χ1n) is 7.11. The van der Waals surface area contributed by atoms with E-state index in [4.69, 9.17) is 9.47 Å². The van der Waals surface area contributed by atoms with Crippen LogP contribution in [0.25, 0.3) is 0 Å². The van der Waals surface area contributed by atoms with Gasteiger partial charge in [0.15, 0.2) is 21.4 Å². The molecule has 0 saturated heterocycles. The molecule has 2 aromatic rings. The van der Waals surface area contributed by atoms with Gasteiger partial charge in [0.05, 0.1) is 17.6 Å². The highest BCUT2D eigenvalue weighted by Crippen LogP contribution is 2.25. The van der Waals surface area contributed by atoms with Gasteiger partial charge in [-0.2, -0.15) is 0 Å². The van der Waals surface area contributed by atoms with Crippen LogP contribution in [0.5, 0.6) is 5.75 Å². The van der Waals surface area contributed by atoms with Gasteiger partial charge in [0.1, 0.15) is 11.5 Å². The van der Waals surface area contributed by atoms with Gasteiger partial charge in [0.25, 0.3) is 5.69 Å². The first-order valence-corrected chi connectivity index (χ1v) is 9.00. The Kier molecular flexibility index (Phi) is 5.56. The molecular formula is C16H14FNO7S. The fourth-order valence-corrected chi connectivity index (χ4v) is 2.96. The van der Waals surface area contributed by atoms with Gasteiger partial charge in [-0.25, -0.2) is 17.6 Å². The number of nitrogens with zero attached hydrogens (tertiary/aromatic N) is 1. The Morgan fingerprint density at radius 2 is 1.92 bits per heavy atom. The molecule has 138 valence electrons. The van der Waals surface area contributed by atoms with E-state index in [0.29, 0.717) is 5.56 Å². The van der Waals surface area contributed by atoms with Crippen molar-refractivity contribution in [1.29, 1.82) is 0 Å². The van der Waals surface area contributed by atoms with Crippen LogP contribution in [0.15, 0.2) is 41.3 Å². The third-order valence-corrected chi connectivity index (χ3v) is 4.52. The molecule has 0 heterocycles. The summed E-state index contributed by atoms with van der Waals surface area (Å²) in [6.45, 7) is -0.276. The number of sulfone groups is 1. The largest absolute Gasteiger partial charge is 0.494 e. The number of rotatable bonds is 6. The number of carbonyl (C=O) groups is 1. The van der Waals surface area contributed by atoms with Crippen molar-refractivity contribution in [3.63, 3.8) is 0 Å². The molecule has 0 fully saturated rings. The molecule has 10 heteroatoms. The number of methoxy groups -OCH3 is 1. The molecule has 0 aliphatic rings. The summed E-state index contributed by atoms with van der Waals surface area (Å²) in [5.41, 5.74) is -0.575. The van der Waals surface area contributed by atoms with Gasteiger partial charge in [0, 0.05) is 12.3 Å². The maximum Gasteiger partial charge on any atom is 0.338 e. The van der Waals surface area contributed by atoms with Crippen LogP contribution in [0.4, 0.5) is 10.1 Å². The van der Waals surface area contributed by atoms with Gasteiger partial charge in [-0.15, -0.1) is 0 Å². The Morgan fingerprint density at radius 1 is 1.23 bits per heavy atom. The van der Waals surface area contributed by atoms with Crippen molar-refractivity contribution in [2.45, 2.75) is 11.5 Å². The number of esters is 1. The minimum Gasteiger partial charge on any atom is -0.494 e. The standard InChI is InChI=1S/C16H14FNO7S/c1-24-14-5-3-10(7-12(14)17)9-25-16(19)11-4-6-15(26(2,22)23)13(8-11)18(20)21/h3-8H,9H2,1-2H3. The molecule has 2 aromatic carbocycles. The summed E-state index contributed by atoms with van der Waals surface area (Å²) in [4.78, 5) is 21.7. The molecule has 2 rings (SSSR count). The van der Waals surface area contributed by atoms with E-state index < -0.39 is 37.1 Å². The number of ether oxygens (including phenoxy) is 2. The molecule has 0 radical (unpaired) electrons. The van der Waals surface area contributed by atoms with Crippen molar-refractivity contribution in [2.75, 3.05) is 13.4 Å². The monoisotopic (exact) mass is 383 g/mol. The second-order valence-corrected chi connectivity index (χ2v) is 7.24. The lowest BCUT2D eigenvalue weighted by Crippen LogP contribution is -2.08. The number of nitro groups is 1. The van der Waals surface area contributed by atoms with Crippen LogP contribution in [-0.2, 0) is 21.2 Å². The number of hydrogen-bond donors (Lipinski definition) is 0. The zero-order valence-electron chi connectivity index (χ0n) is 13.8. The zero-order valence-corrected chi connectivity index (χ0v) is 14.6. The Balaban J connectivity index is 2.21. The second-order valence-electron chi connectivity index (χ2n) is 5.26. The summed E-state index contributed by atoms with van der Waals surface area (Å²) in [5.74, 6) is -1.51. The van der Waals surface area contributed by atoms with Crippen molar-refractivity contribution in [2.24, 2.45) is 0 Å². The molecule has 0 spiro atoms. The minimum absolute atomic E-state index is 0.0343. The molecule has 0 aromatic heterocycles. The first-order chi connectivity index (χ1) is 12.1. The van der Waals surface area contributed by atoms with Crippen LogP contribution < -0.4 is 4.74 Å². The van der Waals surface area contributed by atoms with E-state index in [2.05, 4.69) is 0 Å². The normalized spacial score (nSPS) is 11.0. The molecule has 8 nitrogen and oxygen atoms in total. The highest BCUT2D eigenvalue weighted by atomic mass is 32.2. The third-order valence-electron chi connectivity index (χ3n) is 3.38. The fraction of sp³-hybridized carbons (Fsp3) is 0.188. The van der Waals surface area contributed by atoms with Gasteiger partial charge in [-0.05, 0) is 29.8 Å². The Bertz CT molecular complexity index is 973. The van der Waals surface area contributed by atoms with Crippen LogP contribution in [0.3, 0.4) is 0 Å². The van der Waals surface area contributed by atoms with Gasteiger partial charge < -0.3 is 9.47 Å². The summed E-state index contributed by atoms with van der Waals surface area (Å²) in [6, 6.07) is 6.89. The average Bonchev–Trinajstić information content (AvgIpc) is 2.58. The highest BCUT2D eigenvalue weighted by Gasteiger charge is 2.24. The predicted octanol–water partition coefficient (Wildman–Crippen LogP) is 2.50. The van der Waals surface area contributed by atoms with Gasteiger partial charge in [-0.1, -0.05) is 6.07 Å². The number of hydrogen-bond acceptors (Lipinski definition) is 7. The molecule has 0 saturated carbocycles. The Hall–Kier alpha value is -3.01. The van der Waals surface area contributed by atoms with E-state index in [1.165, 1.54) is 19.2 Å². The number of nitro benzene ring substituents is 1. The Morgan fingerprint density at radius 3 is 2.46 bits per heavy atom. The maximum atomic E-state index is 13.6. The summed E-state index contributed by atoms with van der Waals surface area (Å²) in [7, 11) is -2.52. The van der Waals surface area contributed by atoms with Crippen LogP contribution in [-0.4, -0.2) is 32.7 Å². The second kappa shape index (κ2) is 7.48. The van der Waals surface area contributed by atoms with Gasteiger partial charge in [0.2, 0.25) is 0 Å². The maximum absolute atomic E-state index is 13.6. The molecule has 0 atom stereocenters. The van der Waals surface area contributed by atoms with Gasteiger partial charge >= 0.3 is 5.97 Å². The van der Waals surface area contributed by atoms with Crippen LogP contribution in [0, 0.1) is 15.9 Å². The van der Waals surface area contributed by atoms with Crippen LogP contribution in [0.1, 0.15) is 15.9 Å². The predicted molar refractivity (Wildman–Crippen MR) is 88.3 cm³/mol. The summed E-state index contributed by atoms with van der Waals surface area (Å²) in [6.07, 6.45) is 0.825. The number of halogens is 1. The fourth-order valence-electron chi connectivity index (χ4n) is 2.13. The van der Waals surface area contributed by atoms with E-state index in [9.17, 15) is 27.7 Å². The summed E-state index contributed by atoms with van der Waals surface area (Å²) >= 11 is 0. The third kappa shape index (κ3) is 4.33. The highest BCUT2D eigenvalue weighted by molar-refractivity contribution is 7.90. The molecule has 0 aliphatic heterocycles. The van der Waals surface area contributed by atoms with Gasteiger partial charge in [-0.3, -0.25) is 10.1 Å². The van der Waals surface area contributed by atoms with Crippen molar-refractivity contribution in [3.8, 4) is 5.75 Å². The SMILES string of the molecule is COc1ccc(COC(=O)c2ccc(S(C)(=O)=O)c([N+](=O)[O-])c2)cc1F. The first kappa shape index (κ1) is 19.3. The minimum atomic E-state index is -3.83. The molecule has 0 amide bonds. The van der Waals surface area contributed by atoms with Crippen LogP contribution >= 0.6 is 0 Å². The van der Waals surface area contributed by atoms with Crippen molar-refractivity contribution >= 4 is 21.5 Å². The van der Waals surface area contributed by atoms with Crippen molar-refractivity contribution in [1.82, 2.24) is 0 Å². The molecular weight excluding hydrogens is 369 g/mol. The number of benzene rings is 2. The lowest BCUT2D eigenvalue weighted by atomic mass is 10.2. The van der Waals surface area contributed by atoms with Crippen LogP contribution in [0.2, 0.25) is 0 Å². The summed E-state index contributed by atoms with van der Waals surface area (Å²) < 4.78 is 46.5. The molecule has 26 heavy (non-hydrogen) atoms. The zero-order chi connectivity index (χ0) is 19.5. The Labute approximate surface area is 148 Å². The smallest absolute Gasteiger partial charge is 0.338 e. The molecule has 0 aliphatic carbocycles. The van der Waals surface area contributed by atoms with Crippen molar-refractivity contribution < 1.29 is 32.0 Å². The molecule has 0 bridgehead atoms. The van der Waals surface area contributed by atoms with E-state index in [0.717, 1.165) is 30.5 Å². The lowest BCUT2D eigenvalue weighted by Gasteiger charge is -2.08. The quantitative estimate of drug-likeness (QED) is 0.428. The topological polar surface area (TPSA) is 113 Å². The van der Waals surface area contributed by atoms with E-state index in [1.54, 1.807) is 0 Å². The van der Waals surface area contributed by atoms with E-state index in [1.807, 2.05) is 0 Å². The summed E-state index contributed by atoms with van der Waals surface area (Å²) in [5, 5.41) is 11.1.